The first-order chi connectivity index (χ1) is 13.7. The van der Waals surface area contributed by atoms with Crippen LogP contribution in [0.3, 0.4) is 0 Å². The largest absolute Gasteiger partial charge is 0.321 e. The fraction of sp³-hybridized carbons (Fsp3) is 0.875. The van der Waals surface area contributed by atoms with Gasteiger partial charge in [0.05, 0.1) is 6.04 Å². The molecule has 156 valence electrons. The van der Waals surface area contributed by atoms with Gasteiger partial charge in [-0.05, 0) is 76.0 Å². The second-order valence-corrected chi connectivity index (χ2v) is 11.2. The van der Waals surface area contributed by atoms with Gasteiger partial charge >= 0.3 is 0 Å². The molecule has 0 saturated heterocycles. The van der Waals surface area contributed by atoms with Gasteiger partial charge in [0.1, 0.15) is 0 Å². The molecule has 0 amide bonds. The molecule has 4 heteroatoms. The summed E-state index contributed by atoms with van der Waals surface area (Å²) >= 11 is 1.88. The normalized spacial score (nSPS) is 36.2. The van der Waals surface area contributed by atoms with Crippen LogP contribution in [0.2, 0.25) is 0 Å². The van der Waals surface area contributed by atoms with Crippen LogP contribution in [0.5, 0.6) is 0 Å². The van der Waals surface area contributed by atoms with Crippen LogP contribution in [0.1, 0.15) is 89.7 Å². The zero-order chi connectivity index (χ0) is 19.0. The lowest BCUT2D eigenvalue weighted by molar-refractivity contribution is -0.0193. The molecule has 5 aliphatic carbocycles. The Labute approximate surface area is 175 Å². The summed E-state index contributed by atoms with van der Waals surface area (Å²) in [6.07, 6.45) is 18.3. The van der Waals surface area contributed by atoms with E-state index in [0.717, 1.165) is 37.3 Å². The van der Waals surface area contributed by atoms with Crippen LogP contribution in [0.25, 0.3) is 0 Å². The van der Waals surface area contributed by atoms with Gasteiger partial charge < -0.3 is 9.88 Å². The van der Waals surface area contributed by atoms with Gasteiger partial charge in [0, 0.05) is 36.1 Å². The Hall–Kier alpha value is -0.610. The van der Waals surface area contributed by atoms with E-state index in [-0.39, 0.29) is 0 Å². The maximum Gasteiger partial charge on any atom is 0.185 e. The van der Waals surface area contributed by atoms with Crippen molar-refractivity contribution in [1.82, 2.24) is 9.88 Å². The summed E-state index contributed by atoms with van der Waals surface area (Å²) in [5.74, 6) is 3.10. The van der Waals surface area contributed by atoms with E-state index in [2.05, 4.69) is 22.2 Å². The number of aromatic nitrogens is 1. The van der Waals surface area contributed by atoms with Gasteiger partial charge in [0.15, 0.2) is 4.80 Å². The van der Waals surface area contributed by atoms with Crippen LogP contribution in [0.15, 0.2) is 10.4 Å². The maximum absolute atomic E-state index is 5.19. The molecule has 3 nitrogen and oxygen atoms in total. The van der Waals surface area contributed by atoms with E-state index in [1.165, 1.54) is 87.5 Å². The molecule has 0 aliphatic heterocycles. The average Bonchev–Trinajstić information content (AvgIpc) is 2.85. The number of nitrogens with one attached hydrogen (secondary N) is 1. The summed E-state index contributed by atoms with van der Waals surface area (Å²) in [6, 6.07) is 0.567. The van der Waals surface area contributed by atoms with Crippen LogP contribution in [0.4, 0.5) is 0 Å². The Kier molecular flexibility index (Phi) is 5.71. The summed E-state index contributed by atoms with van der Waals surface area (Å²) in [5, 5.41) is 6.48. The Balaban J connectivity index is 1.23. The van der Waals surface area contributed by atoms with Gasteiger partial charge in [0.25, 0.3) is 0 Å². The van der Waals surface area contributed by atoms with E-state index >= 15 is 0 Å². The molecular formula is C24H39N3S. The van der Waals surface area contributed by atoms with Gasteiger partial charge in [-0.3, -0.25) is 4.99 Å². The summed E-state index contributed by atoms with van der Waals surface area (Å²) in [5.41, 5.74) is 1.99. The summed E-state index contributed by atoms with van der Waals surface area (Å²) in [7, 11) is 0. The molecule has 4 bridgehead atoms. The predicted octanol–water partition coefficient (Wildman–Crippen LogP) is 5.29. The molecule has 0 unspecified atom stereocenters. The Bertz CT molecular complexity index is 687. The molecule has 1 aromatic rings. The molecule has 1 N–H and O–H groups in total. The van der Waals surface area contributed by atoms with Crippen LogP contribution in [0, 0.1) is 17.8 Å². The molecule has 0 atom stereocenters. The fourth-order valence-corrected chi connectivity index (χ4v) is 8.40. The van der Waals surface area contributed by atoms with Crippen molar-refractivity contribution in [3.8, 4) is 0 Å². The van der Waals surface area contributed by atoms with Crippen molar-refractivity contribution in [3.05, 3.63) is 15.9 Å². The highest BCUT2D eigenvalue weighted by Crippen LogP contribution is 2.55. The van der Waals surface area contributed by atoms with Crippen molar-refractivity contribution in [2.45, 2.75) is 109 Å². The Morgan fingerprint density at radius 1 is 1.04 bits per heavy atom. The van der Waals surface area contributed by atoms with Crippen LogP contribution >= 0.6 is 11.3 Å². The lowest BCUT2D eigenvalue weighted by Gasteiger charge is -2.57. The zero-order valence-electron chi connectivity index (χ0n) is 17.8. The van der Waals surface area contributed by atoms with Crippen molar-refractivity contribution < 1.29 is 0 Å². The van der Waals surface area contributed by atoms with Crippen LogP contribution in [-0.2, 0) is 13.0 Å². The first kappa shape index (κ1) is 19.4. The molecule has 0 radical (unpaired) electrons. The lowest BCUT2D eigenvalue weighted by Crippen LogP contribution is -2.58. The smallest absolute Gasteiger partial charge is 0.185 e. The summed E-state index contributed by atoms with van der Waals surface area (Å²) < 4.78 is 2.50. The number of nitrogens with zero attached hydrogens (tertiary/aromatic N) is 2. The van der Waals surface area contributed by atoms with Crippen molar-refractivity contribution in [1.29, 1.82) is 0 Å². The van der Waals surface area contributed by atoms with E-state index < -0.39 is 0 Å². The molecule has 1 aromatic heterocycles. The molecule has 0 aromatic carbocycles. The Morgan fingerprint density at radius 2 is 1.68 bits per heavy atom. The second-order valence-electron chi connectivity index (χ2n) is 10.4. The van der Waals surface area contributed by atoms with E-state index in [1.54, 1.807) is 0 Å². The highest BCUT2D eigenvalue weighted by Gasteiger charge is 2.50. The zero-order valence-corrected chi connectivity index (χ0v) is 18.6. The number of hydrogen-bond donors (Lipinski definition) is 1. The lowest BCUT2D eigenvalue weighted by atomic mass is 9.53. The van der Waals surface area contributed by atoms with Gasteiger partial charge in [-0.25, -0.2) is 0 Å². The van der Waals surface area contributed by atoms with Gasteiger partial charge in [0.2, 0.25) is 0 Å². The predicted molar refractivity (Wildman–Crippen MR) is 118 cm³/mol. The number of rotatable bonds is 6. The second kappa shape index (κ2) is 8.26. The third kappa shape index (κ3) is 4.01. The maximum atomic E-state index is 5.19. The number of thiazole rings is 1. The van der Waals surface area contributed by atoms with E-state index in [4.69, 9.17) is 4.99 Å². The molecule has 28 heavy (non-hydrogen) atoms. The van der Waals surface area contributed by atoms with Crippen molar-refractivity contribution in [2.75, 3.05) is 6.54 Å². The molecule has 5 saturated carbocycles. The first-order valence-electron chi connectivity index (χ1n) is 12.2. The highest BCUT2D eigenvalue weighted by atomic mass is 32.1. The van der Waals surface area contributed by atoms with Crippen LogP contribution < -0.4 is 10.1 Å². The topological polar surface area (TPSA) is 29.3 Å². The van der Waals surface area contributed by atoms with Gasteiger partial charge in [-0.15, -0.1) is 11.3 Å². The van der Waals surface area contributed by atoms with Gasteiger partial charge in [-0.1, -0.05) is 25.7 Å². The molecule has 0 spiro atoms. The minimum absolute atomic E-state index is 0.495. The molecular weight excluding hydrogens is 362 g/mol. The Morgan fingerprint density at radius 3 is 2.29 bits per heavy atom. The quantitative estimate of drug-likeness (QED) is 0.645. The fourth-order valence-electron chi connectivity index (χ4n) is 7.33. The molecule has 1 heterocycles. The third-order valence-electron chi connectivity index (χ3n) is 8.23. The van der Waals surface area contributed by atoms with Crippen molar-refractivity contribution in [3.63, 3.8) is 0 Å². The highest BCUT2D eigenvalue weighted by molar-refractivity contribution is 7.07. The van der Waals surface area contributed by atoms with E-state index in [0.29, 0.717) is 11.6 Å². The first-order valence-corrected chi connectivity index (χ1v) is 13.1. The summed E-state index contributed by atoms with van der Waals surface area (Å²) in [6.45, 7) is 4.49. The van der Waals surface area contributed by atoms with Crippen LogP contribution in [-0.4, -0.2) is 22.7 Å². The molecule has 6 rings (SSSR count). The standard InChI is InChI=1S/C24H39N3S/c1-2-27-22(17-28-23(27)26-21-7-5-3-4-6-8-21)9-10-25-24-14-18-11-19(15-24)13-20(12-18)16-24/h17-21,25H,2-16H2,1H3. The van der Waals surface area contributed by atoms with Crippen molar-refractivity contribution >= 4 is 11.3 Å². The molecule has 5 fully saturated rings. The van der Waals surface area contributed by atoms with Gasteiger partial charge in [-0.2, -0.15) is 0 Å². The van der Waals surface area contributed by atoms with Crippen molar-refractivity contribution in [2.24, 2.45) is 22.7 Å². The SMILES string of the molecule is CCn1c(CCNC23CC4CC(CC(C4)C2)C3)csc1=NC1CCCCCC1. The minimum Gasteiger partial charge on any atom is -0.321 e. The average molecular weight is 402 g/mol. The third-order valence-corrected chi connectivity index (χ3v) is 9.16. The number of hydrogen-bond acceptors (Lipinski definition) is 3. The minimum atomic E-state index is 0.495. The van der Waals surface area contributed by atoms with E-state index in [9.17, 15) is 0 Å². The molecule has 5 aliphatic rings. The van der Waals surface area contributed by atoms with E-state index in [1.807, 2.05) is 11.3 Å². The summed E-state index contributed by atoms with van der Waals surface area (Å²) in [4.78, 5) is 6.47. The monoisotopic (exact) mass is 401 g/mol.